The number of rotatable bonds is 3. The normalized spacial score (nSPS) is 10.2. The molecule has 0 N–H and O–H groups in total. The molecule has 0 atom stereocenters. The second-order valence-electron chi connectivity index (χ2n) is 3.07. The first-order valence-corrected chi connectivity index (χ1v) is 6.19. The van der Waals surface area contributed by atoms with Crippen molar-refractivity contribution in [2.45, 2.75) is 0 Å². The van der Waals surface area contributed by atoms with Crippen LogP contribution in [0.4, 0.5) is 10.8 Å². The van der Waals surface area contributed by atoms with Crippen molar-refractivity contribution in [1.82, 2.24) is 10.2 Å². The van der Waals surface area contributed by atoms with E-state index < -0.39 is 0 Å². The molecule has 0 radical (unpaired) electrons. The lowest BCUT2D eigenvalue weighted by Gasteiger charge is -2.17. The average Bonchev–Trinajstić information content (AvgIpc) is 2.75. The third-order valence-corrected chi connectivity index (χ3v) is 3.56. The maximum absolute atomic E-state index is 5.30. The highest BCUT2D eigenvalue weighted by molar-refractivity contribution is 9.11. The number of anilines is 2. The lowest BCUT2D eigenvalue weighted by Crippen LogP contribution is -2.10. The second kappa shape index (κ2) is 4.80. The van der Waals surface area contributed by atoms with E-state index in [2.05, 4.69) is 26.1 Å². The summed E-state index contributed by atoms with van der Waals surface area (Å²) in [5, 5.41) is 8.80. The molecule has 0 aliphatic rings. The third kappa shape index (κ3) is 2.17. The molecular formula is C10H10BrN3OS. The maximum Gasteiger partial charge on any atom is 0.213 e. The standard InChI is InChI=1S/C10H10BrN3OS/c1-14(10-13-12-9(11)16-10)7-5-3-4-6-8(7)15-2/h3-6H,1-2H3. The van der Waals surface area contributed by atoms with E-state index in [1.807, 2.05) is 36.2 Å². The lowest BCUT2D eigenvalue weighted by molar-refractivity contribution is 0.415. The van der Waals surface area contributed by atoms with Crippen molar-refractivity contribution in [3.8, 4) is 5.75 Å². The van der Waals surface area contributed by atoms with Crippen LogP contribution in [0, 0.1) is 0 Å². The van der Waals surface area contributed by atoms with Gasteiger partial charge in [0.25, 0.3) is 0 Å². The Morgan fingerprint density at radius 1 is 1.31 bits per heavy atom. The lowest BCUT2D eigenvalue weighted by atomic mass is 10.3. The summed E-state index contributed by atoms with van der Waals surface area (Å²) in [5.41, 5.74) is 0.966. The maximum atomic E-state index is 5.30. The van der Waals surface area contributed by atoms with Gasteiger partial charge in [-0.3, -0.25) is 0 Å². The van der Waals surface area contributed by atoms with Gasteiger partial charge in [0.1, 0.15) is 5.75 Å². The Balaban J connectivity index is 2.36. The van der Waals surface area contributed by atoms with Gasteiger partial charge < -0.3 is 9.64 Å². The second-order valence-corrected chi connectivity index (χ2v) is 5.30. The number of nitrogens with zero attached hydrogens (tertiary/aromatic N) is 3. The van der Waals surface area contributed by atoms with Gasteiger partial charge >= 0.3 is 0 Å². The molecule has 6 heteroatoms. The Kier molecular flexibility index (Phi) is 3.40. The van der Waals surface area contributed by atoms with Gasteiger partial charge in [-0.25, -0.2) is 0 Å². The summed E-state index contributed by atoms with van der Waals surface area (Å²) in [5.74, 6) is 0.816. The molecule has 0 saturated carbocycles. The van der Waals surface area contributed by atoms with Gasteiger partial charge in [0.15, 0.2) is 3.92 Å². The fraction of sp³-hybridized carbons (Fsp3) is 0.200. The van der Waals surface area contributed by atoms with Crippen LogP contribution >= 0.6 is 27.3 Å². The van der Waals surface area contributed by atoms with Crippen LogP contribution < -0.4 is 9.64 Å². The predicted octanol–water partition coefficient (Wildman–Crippen LogP) is 3.08. The first-order chi connectivity index (χ1) is 7.72. The molecule has 84 valence electrons. The highest BCUT2D eigenvalue weighted by Gasteiger charge is 2.12. The van der Waals surface area contributed by atoms with Crippen molar-refractivity contribution in [3.63, 3.8) is 0 Å². The molecule has 1 aromatic carbocycles. The first-order valence-electron chi connectivity index (χ1n) is 4.58. The van der Waals surface area contributed by atoms with Gasteiger partial charge in [-0.1, -0.05) is 23.5 Å². The molecule has 0 fully saturated rings. The molecule has 0 aliphatic carbocycles. The molecule has 4 nitrogen and oxygen atoms in total. The molecular weight excluding hydrogens is 290 g/mol. The Morgan fingerprint density at radius 3 is 2.69 bits per heavy atom. The molecule has 0 aliphatic heterocycles. The van der Waals surface area contributed by atoms with Gasteiger partial charge in [-0.2, -0.15) is 0 Å². The van der Waals surface area contributed by atoms with E-state index in [9.17, 15) is 0 Å². The van der Waals surface area contributed by atoms with Crippen molar-refractivity contribution in [1.29, 1.82) is 0 Å². The fourth-order valence-corrected chi connectivity index (χ4v) is 2.41. The molecule has 0 unspecified atom stereocenters. The van der Waals surface area contributed by atoms with Gasteiger partial charge in [-0.15, -0.1) is 10.2 Å². The summed E-state index contributed by atoms with van der Waals surface area (Å²) in [6.45, 7) is 0. The average molecular weight is 300 g/mol. The highest BCUT2D eigenvalue weighted by Crippen LogP contribution is 2.34. The van der Waals surface area contributed by atoms with E-state index in [-0.39, 0.29) is 0 Å². The number of hydrogen-bond acceptors (Lipinski definition) is 5. The Labute approximate surface area is 106 Å². The minimum absolute atomic E-state index is 0.768. The van der Waals surface area contributed by atoms with Gasteiger partial charge in [0, 0.05) is 7.05 Å². The Morgan fingerprint density at radius 2 is 2.06 bits per heavy atom. The number of para-hydroxylation sites is 2. The molecule has 0 amide bonds. The Bertz CT molecular complexity index is 488. The number of aromatic nitrogens is 2. The third-order valence-electron chi connectivity index (χ3n) is 2.12. The first kappa shape index (κ1) is 11.3. The van der Waals surface area contributed by atoms with Crippen LogP contribution in [0.3, 0.4) is 0 Å². The van der Waals surface area contributed by atoms with Crippen molar-refractivity contribution in [2.24, 2.45) is 0 Å². The molecule has 0 spiro atoms. The van der Waals surface area contributed by atoms with Crippen LogP contribution in [0.2, 0.25) is 0 Å². The number of methoxy groups -OCH3 is 1. The van der Waals surface area contributed by atoms with Crippen LogP contribution in [0.15, 0.2) is 28.2 Å². The van der Waals surface area contributed by atoms with Gasteiger partial charge in [0.05, 0.1) is 12.8 Å². The van der Waals surface area contributed by atoms with Crippen LogP contribution in [-0.2, 0) is 0 Å². The summed E-state index contributed by atoms with van der Waals surface area (Å²) < 4.78 is 6.07. The number of halogens is 1. The van der Waals surface area contributed by atoms with Crippen molar-refractivity contribution in [3.05, 3.63) is 28.2 Å². The summed E-state index contributed by atoms with van der Waals surface area (Å²) in [6.07, 6.45) is 0. The molecule has 16 heavy (non-hydrogen) atoms. The van der Waals surface area contributed by atoms with Crippen molar-refractivity contribution < 1.29 is 4.74 Å². The summed E-state index contributed by atoms with van der Waals surface area (Å²) in [6, 6.07) is 7.80. The summed E-state index contributed by atoms with van der Waals surface area (Å²) in [7, 11) is 3.59. The minimum atomic E-state index is 0.768. The largest absolute Gasteiger partial charge is 0.495 e. The SMILES string of the molecule is COc1ccccc1N(C)c1nnc(Br)s1. The molecule has 1 heterocycles. The van der Waals surface area contributed by atoms with Gasteiger partial charge in [-0.05, 0) is 28.1 Å². The van der Waals surface area contributed by atoms with E-state index in [0.29, 0.717) is 0 Å². The van der Waals surface area contributed by atoms with E-state index in [1.165, 1.54) is 11.3 Å². The van der Waals surface area contributed by atoms with E-state index in [0.717, 1.165) is 20.5 Å². The Hall–Kier alpha value is -1.14. The zero-order chi connectivity index (χ0) is 11.5. The number of ether oxygens (including phenoxy) is 1. The minimum Gasteiger partial charge on any atom is -0.495 e. The number of benzene rings is 1. The zero-order valence-corrected chi connectivity index (χ0v) is 11.2. The fourth-order valence-electron chi connectivity index (χ4n) is 1.34. The van der Waals surface area contributed by atoms with E-state index in [1.54, 1.807) is 7.11 Å². The van der Waals surface area contributed by atoms with Crippen LogP contribution in [0.1, 0.15) is 0 Å². The quantitative estimate of drug-likeness (QED) is 0.873. The molecule has 0 bridgehead atoms. The van der Waals surface area contributed by atoms with Crippen molar-refractivity contribution >= 4 is 38.1 Å². The predicted molar refractivity (Wildman–Crippen MR) is 68.7 cm³/mol. The molecule has 1 aromatic heterocycles. The van der Waals surface area contributed by atoms with Gasteiger partial charge in [0.2, 0.25) is 5.13 Å². The zero-order valence-electron chi connectivity index (χ0n) is 8.85. The molecule has 0 saturated heterocycles. The van der Waals surface area contributed by atoms with Crippen LogP contribution in [-0.4, -0.2) is 24.4 Å². The summed E-state index contributed by atoms with van der Waals surface area (Å²) in [4.78, 5) is 1.95. The monoisotopic (exact) mass is 299 g/mol. The summed E-state index contributed by atoms with van der Waals surface area (Å²) >= 11 is 4.77. The van der Waals surface area contributed by atoms with Crippen LogP contribution in [0.25, 0.3) is 0 Å². The number of hydrogen-bond donors (Lipinski definition) is 0. The molecule has 2 rings (SSSR count). The van der Waals surface area contributed by atoms with Crippen LogP contribution in [0.5, 0.6) is 5.75 Å². The topological polar surface area (TPSA) is 38.2 Å². The van der Waals surface area contributed by atoms with E-state index in [4.69, 9.17) is 4.74 Å². The smallest absolute Gasteiger partial charge is 0.213 e. The van der Waals surface area contributed by atoms with E-state index >= 15 is 0 Å². The highest BCUT2D eigenvalue weighted by atomic mass is 79.9. The molecule has 2 aromatic rings. The van der Waals surface area contributed by atoms with Crippen molar-refractivity contribution in [2.75, 3.05) is 19.1 Å².